The maximum atomic E-state index is 10.4. The van der Waals surface area contributed by atoms with Crippen LogP contribution in [0.5, 0.6) is 0 Å². The SMILES string of the molecule is C=CCNc1nc(C(=O)O)cs1.[K]. The van der Waals surface area contributed by atoms with Gasteiger partial charge in [0.15, 0.2) is 10.8 Å². The monoisotopic (exact) mass is 223 g/mol. The minimum absolute atomic E-state index is 0. The van der Waals surface area contributed by atoms with Crippen molar-refractivity contribution in [2.45, 2.75) is 0 Å². The summed E-state index contributed by atoms with van der Waals surface area (Å²) in [7, 11) is 0. The molecule has 0 spiro atoms. The van der Waals surface area contributed by atoms with Gasteiger partial charge in [-0.1, -0.05) is 6.08 Å². The summed E-state index contributed by atoms with van der Waals surface area (Å²) in [4.78, 5) is 14.2. The fourth-order valence-electron chi connectivity index (χ4n) is 0.613. The molecule has 0 fully saturated rings. The maximum Gasteiger partial charge on any atom is 0.355 e. The van der Waals surface area contributed by atoms with Gasteiger partial charge in [0.2, 0.25) is 0 Å². The Balaban J connectivity index is 0.00000144. The van der Waals surface area contributed by atoms with E-state index in [4.69, 9.17) is 5.11 Å². The molecule has 1 rings (SSSR count). The van der Waals surface area contributed by atoms with Crippen LogP contribution >= 0.6 is 11.3 Å². The van der Waals surface area contributed by atoms with Crippen LogP contribution < -0.4 is 5.32 Å². The van der Waals surface area contributed by atoms with Gasteiger partial charge in [-0.3, -0.25) is 0 Å². The third-order valence-corrected chi connectivity index (χ3v) is 1.92. The Morgan fingerprint density at radius 3 is 3.00 bits per heavy atom. The zero-order valence-electron chi connectivity index (χ0n) is 7.28. The molecule has 6 heteroatoms. The summed E-state index contributed by atoms with van der Waals surface area (Å²) in [5.74, 6) is -1.00. The van der Waals surface area contributed by atoms with Gasteiger partial charge in [0.1, 0.15) is 0 Å². The number of anilines is 1. The number of carboxylic acids is 1. The van der Waals surface area contributed by atoms with E-state index in [9.17, 15) is 4.79 Å². The Hall–Kier alpha value is 0.276. The van der Waals surface area contributed by atoms with Crippen LogP contribution in [0.4, 0.5) is 5.13 Å². The molecular formula is C7H8KN2O2S. The quantitative estimate of drug-likeness (QED) is 0.592. The average molecular weight is 223 g/mol. The second-order valence-electron chi connectivity index (χ2n) is 2.01. The van der Waals surface area contributed by atoms with Crippen LogP contribution in [-0.4, -0.2) is 74.0 Å². The number of rotatable bonds is 4. The zero-order chi connectivity index (χ0) is 8.97. The van der Waals surface area contributed by atoms with E-state index in [0.717, 1.165) is 0 Å². The molecule has 0 aromatic carbocycles. The van der Waals surface area contributed by atoms with Crippen molar-refractivity contribution >= 4 is 73.8 Å². The van der Waals surface area contributed by atoms with Gasteiger partial charge in [-0.05, 0) is 0 Å². The summed E-state index contributed by atoms with van der Waals surface area (Å²) in [6.07, 6.45) is 1.68. The van der Waals surface area contributed by atoms with Gasteiger partial charge in [-0.25, -0.2) is 9.78 Å². The smallest absolute Gasteiger partial charge is 0.355 e. The van der Waals surface area contributed by atoms with Gasteiger partial charge in [0, 0.05) is 63.3 Å². The normalized spacial score (nSPS) is 8.62. The molecule has 0 aliphatic heterocycles. The fraction of sp³-hybridized carbons (Fsp3) is 0.143. The van der Waals surface area contributed by atoms with Gasteiger partial charge < -0.3 is 10.4 Å². The number of aromatic carboxylic acids is 1. The van der Waals surface area contributed by atoms with Crippen molar-refractivity contribution in [1.82, 2.24) is 4.98 Å². The first-order valence-electron chi connectivity index (χ1n) is 3.27. The average Bonchev–Trinajstić information content (AvgIpc) is 2.48. The van der Waals surface area contributed by atoms with Gasteiger partial charge in [0.25, 0.3) is 0 Å². The summed E-state index contributed by atoms with van der Waals surface area (Å²) in [5.41, 5.74) is 0.0755. The Morgan fingerprint density at radius 1 is 1.85 bits per heavy atom. The number of hydrogen-bond acceptors (Lipinski definition) is 4. The van der Waals surface area contributed by atoms with Crippen LogP contribution in [0.25, 0.3) is 0 Å². The first kappa shape index (κ1) is 13.3. The van der Waals surface area contributed by atoms with Gasteiger partial charge in [-0.15, -0.1) is 17.9 Å². The second-order valence-corrected chi connectivity index (χ2v) is 2.87. The molecule has 2 N–H and O–H groups in total. The van der Waals surface area contributed by atoms with Crippen molar-refractivity contribution in [1.29, 1.82) is 0 Å². The molecule has 0 atom stereocenters. The third kappa shape index (κ3) is 4.34. The molecule has 1 aromatic rings. The topological polar surface area (TPSA) is 62.2 Å². The summed E-state index contributed by atoms with van der Waals surface area (Å²) in [6.45, 7) is 4.11. The Bertz CT molecular complexity index is 300. The number of carboxylic acid groups (broad SMARTS) is 1. The number of carbonyl (C=O) groups is 1. The predicted octanol–water partition coefficient (Wildman–Crippen LogP) is 1.06. The summed E-state index contributed by atoms with van der Waals surface area (Å²) in [6, 6.07) is 0. The predicted molar refractivity (Wildman–Crippen MR) is 53.5 cm³/mol. The molecular weight excluding hydrogens is 215 g/mol. The van der Waals surface area contributed by atoms with E-state index in [1.807, 2.05) is 0 Å². The van der Waals surface area contributed by atoms with E-state index in [1.165, 1.54) is 16.7 Å². The number of nitrogens with zero attached hydrogens (tertiary/aromatic N) is 1. The van der Waals surface area contributed by atoms with E-state index < -0.39 is 5.97 Å². The molecule has 0 saturated carbocycles. The van der Waals surface area contributed by atoms with Gasteiger partial charge in [-0.2, -0.15) is 0 Å². The van der Waals surface area contributed by atoms with Gasteiger partial charge >= 0.3 is 5.97 Å². The summed E-state index contributed by atoms with van der Waals surface area (Å²) in [5, 5.41) is 13.5. The second kappa shape index (κ2) is 6.69. The summed E-state index contributed by atoms with van der Waals surface area (Å²) < 4.78 is 0. The van der Waals surface area contributed by atoms with Crippen LogP contribution in [0.15, 0.2) is 18.0 Å². The first-order chi connectivity index (χ1) is 5.74. The molecule has 0 bridgehead atoms. The van der Waals surface area contributed by atoms with E-state index >= 15 is 0 Å². The first-order valence-corrected chi connectivity index (χ1v) is 4.15. The number of thiazole rings is 1. The van der Waals surface area contributed by atoms with E-state index in [1.54, 1.807) is 6.08 Å². The Morgan fingerprint density at radius 2 is 2.54 bits per heavy atom. The van der Waals surface area contributed by atoms with Crippen molar-refractivity contribution in [3.05, 3.63) is 23.7 Å². The molecule has 0 aliphatic rings. The number of aromatic nitrogens is 1. The molecule has 1 heterocycles. The largest absolute Gasteiger partial charge is 0.476 e. The van der Waals surface area contributed by atoms with E-state index in [2.05, 4.69) is 16.9 Å². The number of hydrogen-bond donors (Lipinski definition) is 2. The number of nitrogens with one attached hydrogen (secondary N) is 1. The molecule has 4 nitrogen and oxygen atoms in total. The minimum atomic E-state index is -1.00. The molecule has 65 valence electrons. The van der Waals surface area contributed by atoms with Gasteiger partial charge in [0.05, 0.1) is 0 Å². The molecule has 0 aliphatic carbocycles. The van der Waals surface area contributed by atoms with Crippen LogP contribution in [0.3, 0.4) is 0 Å². The molecule has 0 unspecified atom stereocenters. The maximum absolute atomic E-state index is 10.4. The molecule has 0 amide bonds. The Labute approximate surface area is 122 Å². The molecule has 0 saturated heterocycles. The van der Waals surface area contributed by atoms with Crippen molar-refractivity contribution in [3.8, 4) is 0 Å². The van der Waals surface area contributed by atoms with E-state index in [-0.39, 0.29) is 57.1 Å². The third-order valence-electron chi connectivity index (χ3n) is 1.12. The van der Waals surface area contributed by atoms with Crippen molar-refractivity contribution in [3.63, 3.8) is 0 Å². The van der Waals surface area contributed by atoms with Crippen LogP contribution in [0.1, 0.15) is 10.5 Å². The summed E-state index contributed by atoms with van der Waals surface area (Å²) >= 11 is 1.27. The molecule has 13 heavy (non-hydrogen) atoms. The molecule has 1 aromatic heterocycles. The standard InChI is InChI=1S/C7H8N2O2S.K/c1-2-3-8-7-9-5(4-12-7)6(10)11;/h2,4H,1,3H2,(H,8,9)(H,10,11);. The zero-order valence-corrected chi connectivity index (χ0v) is 11.2. The van der Waals surface area contributed by atoms with Crippen LogP contribution in [0, 0.1) is 0 Å². The minimum Gasteiger partial charge on any atom is -0.476 e. The van der Waals surface area contributed by atoms with Crippen molar-refractivity contribution in [2.75, 3.05) is 11.9 Å². The Kier molecular flexibility index (Phi) is 6.83. The van der Waals surface area contributed by atoms with Crippen LogP contribution in [0.2, 0.25) is 0 Å². The fourth-order valence-corrected chi connectivity index (χ4v) is 1.31. The van der Waals surface area contributed by atoms with E-state index in [0.29, 0.717) is 11.7 Å². The molecule has 1 radical (unpaired) electrons. The van der Waals surface area contributed by atoms with Crippen molar-refractivity contribution < 1.29 is 9.90 Å². The van der Waals surface area contributed by atoms with Crippen LogP contribution in [-0.2, 0) is 0 Å². The van der Waals surface area contributed by atoms with Crippen molar-refractivity contribution in [2.24, 2.45) is 0 Å².